The van der Waals surface area contributed by atoms with Crippen LogP contribution < -0.4 is 26.6 Å². The van der Waals surface area contributed by atoms with Crippen molar-refractivity contribution in [2.24, 2.45) is 17.8 Å². The lowest BCUT2D eigenvalue weighted by Crippen LogP contribution is -2.59. The predicted molar refractivity (Wildman–Crippen MR) is 257 cm³/mol. The molecule has 1 aromatic carbocycles. The van der Waals surface area contributed by atoms with Crippen LogP contribution in [0.1, 0.15) is 99.0 Å². The largest absolute Gasteiger partial charge is 0.508 e. The van der Waals surface area contributed by atoms with Crippen molar-refractivity contribution >= 4 is 47.3 Å². The number of aliphatic hydroxyl groups is 3. The summed E-state index contributed by atoms with van der Waals surface area (Å²) >= 11 is 0. The molecule has 2 rings (SSSR count). The number of cyclic esters (lactones) is 1. The Morgan fingerprint density at radius 1 is 0.783 bits per heavy atom. The number of phenolic OH excluding ortho intramolecular Hbond substituents is 1. The highest BCUT2D eigenvalue weighted by molar-refractivity contribution is 5.95. The smallest absolute Gasteiger partial charge is 0.329 e. The first kappa shape index (κ1) is 59.3. The number of carbonyl (C=O) groups excluding carboxylic acids is 8. The Morgan fingerprint density at radius 3 is 2.00 bits per heavy atom. The van der Waals surface area contributed by atoms with E-state index in [1.54, 1.807) is 59.8 Å². The number of amides is 7. The van der Waals surface area contributed by atoms with Crippen LogP contribution in [0.15, 0.2) is 48.6 Å². The van der Waals surface area contributed by atoms with Crippen LogP contribution in [0, 0.1) is 17.8 Å². The standard InChI is InChI=1S/C49H77N7O13/c1-10-11-12-13-14-15-16-17-39(61)51-36(27-58)45(64)54-43(30(4)5)47(66)52-35(26-57)38(60)25-40(62)53-42(29(2)3)46(65)50-33-20-23-41(63)56(9)44(31(6)7)48(67)55(8)37(49(68)69-28-33)24-32-18-21-34(59)22-19-32/h15-16,18-23,29-31,33,35-38,42-44,57-60H,10-14,17,24-28H2,1-9H3,(H,50,65)(H,51,61)(H,52,66)(H,53,62)(H,54,64). The number of hydrogen-bond acceptors (Lipinski definition) is 13. The molecule has 0 bridgehead atoms. The van der Waals surface area contributed by atoms with Crippen molar-refractivity contribution < 1.29 is 63.5 Å². The van der Waals surface area contributed by atoms with Gasteiger partial charge < -0.3 is 61.5 Å². The predicted octanol–water partition coefficient (Wildman–Crippen LogP) is 0.746. The van der Waals surface area contributed by atoms with Crippen LogP contribution in [0.25, 0.3) is 0 Å². The van der Waals surface area contributed by atoms with Gasteiger partial charge in [0.15, 0.2) is 0 Å². The van der Waals surface area contributed by atoms with Gasteiger partial charge in [-0.3, -0.25) is 33.6 Å². The molecule has 0 saturated carbocycles. The Morgan fingerprint density at radius 2 is 1.42 bits per heavy atom. The molecular weight excluding hydrogens is 895 g/mol. The third-order valence-corrected chi connectivity index (χ3v) is 11.7. The molecule has 1 aliphatic heterocycles. The molecule has 20 heteroatoms. The number of aromatic hydroxyl groups is 1. The number of rotatable bonds is 25. The van der Waals surface area contributed by atoms with Gasteiger partial charge in [0.1, 0.15) is 42.6 Å². The number of ether oxygens (including phenoxy) is 1. The van der Waals surface area contributed by atoms with Crippen LogP contribution in [0.3, 0.4) is 0 Å². The van der Waals surface area contributed by atoms with Crippen LogP contribution in [0.2, 0.25) is 0 Å². The molecule has 0 aliphatic carbocycles. The van der Waals surface area contributed by atoms with Crippen molar-refractivity contribution in [3.05, 3.63) is 54.1 Å². The van der Waals surface area contributed by atoms with Crippen LogP contribution in [-0.4, -0.2) is 160 Å². The molecule has 1 aliphatic rings. The zero-order valence-electron chi connectivity index (χ0n) is 41.6. The fraction of sp³-hybridized carbons (Fsp3) is 0.633. The molecule has 9 N–H and O–H groups in total. The fourth-order valence-electron chi connectivity index (χ4n) is 7.50. The number of unbranched alkanes of at least 4 members (excludes halogenated alkanes) is 4. The average Bonchev–Trinajstić information content (AvgIpc) is 3.29. The highest BCUT2D eigenvalue weighted by Crippen LogP contribution is 2.20. The first-order valence-electron chi connectivity index (χ1n) is 23.8. The van der Waals surface area contributed by atoms with Crippen molar-refractivity contribution in [3.63, 3.8) is 0 Å². The fourth-order valence-corrected chi connectivity index (χ4v) is 7.50. The van der Waals surface area contributed by atoms with Crippen molar-refractivity contribution in [1.82, 2.24) is 36.4 Å². The zero-order chi connectivity index (χ0) is 52.0. The van der Waals surface area contributed by atoms with E-state index in [9.17, 15) is 58.8 Å². The van der Waals surface area contributed by atoms with Gasteiger partial charge >= 0.3 is 5.97 Å². The monoisotopic (exact) mass is 972 g/mol. The Labute approximate surface area is 406 Å². The van der Waals surface area contributed by atoms with Crippen LogP contribution in [-0.2, 0) is 49.5 Å². The number of nitrogens with one attached hydrogen (secondary N) is 5. The van der Waals surface area contributed by atoms with E-state index in [0.717, 1.165) is 38.2 Å². The third kappa shape index (κ3) is 19.6. The molecule has 20 nitrogen and oxygen atoms in total. The van der Waals surface area contributed by atoms with Gasteiger partial charge in [0.05, 0.1) is 37.8 Å². The van der Waals surface area contributed by atoms with Gasteiger partial charge in [-0.1, -0.05) is 98.1 Å². The summed E-state index contributed by atoms with van der Waals surface area (Å²) in [6, 6.07) is -2.44. The summed E-state index contributed by atoms with van der Waals surface area (Å²) in [5.74, 6) is -7.10. The van der Waals surface area contributed by atoms with E-state index >= 15 is 0 Å². The summed E-state index contributed by atoms with van der Waals surface area (Å²) in [6.45, 7) is 10.1. The van der Waals surface area contributed by atoms with E-state index in [-0.39, 0.29) is 24.5 Å². The molecule has 69 heavy (non-hydrogen) atoms. The van der Waals surface area contributed by atoms with Gasteiger partial charge in [-0.05, 0) is 48.3 Å². The Balaban J connectivity index is 2.17. The number of likely N-dealkylation sites (N-methyl/N-ethyl adjacent to an activating group) is 2. The minimum Gasteiger partial charge on any atom is -0.508 e. The molecule has 0 fully saturated rings. The molecule has 8 atom stereocenters. The third-order valence-electron chi connectivity index (χ3n) is 11.7. The molecule has 0 spiro atoms. The van der Waals surface area contributed by atoms with Gasteiger partial charge in [-0.2, -0.15) is 0 Å². The normalized spacial score (nSPS) is 19.3. The minimum atomic E-state index is -1.69. The second-order valence-corrected chi connectivity index (χ2v) is 18.5. The van der Waals surface area contributed by atoms with Gasteiger partial charge in [0.25, 0.3) is 0 Å². The lowest BCUT2D eigenvalue weighted by molar-refractivity contribution is -0.157. The molecule has 8 unspecified atom stereocenters. The number of carbonyl (C=O) groups is 8. The van der Waals surface area contributed by atoms with E-state index < -0.39 is 134 Å². The number of hydrogen-bond donors (Lipinski definition) is 9. The Hall–Kier alpha value is -5.86. The number of allylic oxidation sites excluding steroid dienone is 1. The Kier molecular flexibility index (Phi) is 25.7. The van der Waals surface area contributed by atoms with E-state index in [4.69, 9.17) is 4.74 Å². The number of phenols is 1. The summed E-state index contributed by atoms with van der Waals surface area (Å²) < 4.78 is 5.67. The van der Waals surface area contributed by atoms with E-state index in [1.807, 2.05) is 6.08 Å². The quantitative estimate of drug-likeness (QED) is 0.0372. The zero-order valence-corrected chi connectivity index (χ0v) is 41.6. The maximum absolute atomic E-state index is 13.8. The first-order valence-corrected chi connectivity index (χ1v) is 23.8. The van der Waals surface area contributed by atoms with Gasteiger partial charge in [-0.25, -0.2) is 4.79 Å². The van der Waals surface area contributed by atoms with Crippen molar-refractivity contribution in [2.45, 2.75) is 148 Å². The molecule has 0 radical (unpaired) electrons. The maximum Gasteiger partial charge on any atom is 0.329 e. The number of esters is 1. The molecule has 0 aromatic heterocycles. The number of benzene rings is 1. The van der Waals surface area contributed by atoms with Gasteiger partial charge in [0, 0.05) is 33.0 Å². The van der Waals surface area contributed by atoms with Crippen molar-refractivity contribution in [1.29, 1.82) is 0 Å². The molecular formula is C49H77N7O13. The summed E-state index contributed by atoms with van der Waals surface area (Å²) in [7, 11) is 2.89. The molecule has 0 saturated heterocycles. The summed E-state index contributed by atoms with van der Waals surface area (Å²) in [4.78, 5) is 110. The molecule has 1 aromatic rings. The highest BCUT2D eigenvalue weighted by atomic mass is 16.5. The first-order chi connectivity index (χ1) is 32.6. The van der Waals surface area contributed by atoms with Crippen LogP contribution in [0.5, 0.6) is 5.75 Å². The second-order valence-electron chi connectivity index (χ2n) is 18.5. The van der Waals surface area contributed by atoms with Crippen molar-refractivity contribution in [3.8, 4) is 5.75 Å². The summed E-state index contributed by atoms with van der Waals surface area (Å²) in [5.41, 5.74) is 0.607. The average molecular weight is 972 g/mol. The molecule has 7 amide bonds. The number of aliphatic hydroxyl groups excluding tert-OH is 3. The highest BCUT2D eigenvalue weighted by Gasteiger charge is 2.38. The van der Waals surface area contributed by atoms with E-state index in [2.05, 4.69) is 33.5 Å². The number of nitrogens with zero attached hydrogens (tertiary/aromatic N) is 2. The summed E-state index contributed by atoms with van der Waals surface area (Å²) in [5, 5.41) is 53.6. The van der Waals surface area contributed by atoms with Crippen molar-refractivity contribution in [2.75, 3.05) is 33.9 Å². The van der Waals surface area contributed by atoms with E-state index in [0.29, 0.717) is 5.56 Å². The second kappa shape index (κ2) is 29.9. The minimum absolute atomic E-state index is 0.00339. The lowest BCUT2D eigenvalue weighted by atomic mass is 9.98. The maximum atomic E-state index is 13.8. The van der Waals surface area contributed by atoms with Gasteiger partial charge in [-0.15, -0.1) is 0 Å². The SMILES string of the molecule is CCCCCCC=CCC(=O)NC(CO)C(=O)NC(C(=O)NC(CO)C(O)CC(=O)NC(C(=O)NC1C=CC(=O)N(C)C(C(C)C)C(=O)N(C)C(Cc2ccc(O)cc2)C(=O)OC1)C(C)C)C(C)C. The molecule has 1 heterocycles. The van der Waals surface area contributed by atoms with E-state index in [1.165, 1.54) is 42.1 Å². The lowest BCUT2D eigenvalue weighted by Gasteiger charge is -2.36. The van der Waals surface area contributed by atoms with Crippen LogP contribution >= 0.6 is 0 Å². The topological polar surface area (TPSA) is 293 Å². The van der Waals surface area contributed by atoms with Gasteiger partial charge in [0.2, 0.25) is 41.4 Å². The Bertz CT molecular complexity index is 1920. The van der Waals surface area contributed by atoms with Crippen LogP contribution in [0.4, 0.5) is 0 Å². The molecule has 386 valence electrons. The summed E-state index contributed by atoms with van der Waals surface area (Å²) in [6.07, 6.45) is 8.76.